The molecule has 1 N–H and O–H groups in total. The fourth-order valence-electron chi connectivity index (χ4n) is 2.25. The van der Waals surface area contributed by atoms with Crippen molar-refractivity contribution in [2.24, 2.45) is 5.92 Å². The first kappa shape index (κ1) is 16.3. The van der Waals surface area contributed by atoms with E-state index in [4.69, 9.17) is 11.6 Å². The van der Waals surface area contributed by atoms with E-state index in [0.29, 0.717) is 11.1 Å². The monoisotopic (exact) mass is 366 g/mol. The highest BCUT2D eigenvalue weighted by Crippen LogP contribution is 2.26. The van der Waals surface area contributed by atoms with Gasteiger partial charge in [0.05, 0.1) is 16.4 Å². The van der Waals surface area contributed by atoms with Crippen molar-refractivity contribution in [1.82, 2.24) is 4.98 Å². The summed E-state index contributed by atoms with van der Waals surface area (Å²) in [6, 6.07) is 11.0. The maximum atomic E-state index is 5.91. The van der Waals surface area contributed by atoms with Gasteiger partial charge >= 0.3 is 0 Å². The van der Waals surface area contributed by atoms with E-state index in [0.717, 1.165) is 16.6 Å². The molecule has 1 heterocycles. The molecule has 4 heteroatoms. The molecule has 0 saturated carbocycles. The van der Waals surface area contributed by atoms with Gasteiger partial charge in [-0.25, -0.2) is 4.98 Å². The van der Waals surface area contributed by atoms with E-state index in [1.54, 1.807) is 6.20 Å². The van der Waals surface area contributed by atoms with Crippen molar-refractivity contribution >= 4 is 33.2 Å². The zero-order chi connectivity index (χ0) is 15.4. The van der Waals surface area contributed by atoms with E-state index in [2.05, 4.69) is 71.3 Å². The Morgan fingerprint density at radius 2 is 1.86 bits per heavy atom. The zero-order valence-electron chi connectivity index (χ0n) is 12.5. The normalized spacial score (nSPS) is 12.5. The zero-order valence-corrected chi connectivity index (χ0v) is 14.9. The van der Waals surface area contributed by atoms with Crippen LogP contribution in [0, 0.1) is 5.92 Å². The van der Waals surface area contributed by atoms with Crippen molar-refractivity contribution in [1.29, 1.82) is 0 Å². The fourth-order valence-corrected chi connectivity index (χ4v) is 2.70. The van der Waals surface area contributed by atoms with Gasteiger partial charge in [-0.3, -0.25) is 0 Å². The number of nitrogens with one attached hydrogen (secondary N) is 1. The predicted molar refractivity (Wildman–Crippen MR) is 94.0 cm³/mol. The van der Waals surface area contributed by atoms with Crippen molar-refractivity contribution < 1.29 is 0 Å². The van der Waals surface area contributed by atoms with Gasteiger partial charge in [-0.2, -0.15) is 0 Å². The van der Waals surface area contributed by atoms with Crippen LogP contribution in [0.2, 0.25) is 5.15 Å². The highest BCUT2D eigenvalue weighted by Gasteiger charge is 2.07. The van der Waals surface area contributed by atoms with Crippen molar-refractivity contribution in [3.63, 3.8) is 0 Å². The van der Waals surface area contributed by atoms with Gasteiger partial charge in [0.2, 0.25) is 0 Å². The molecule has 1 aromatic heterocycles. The highest BCUT2D eigenvalue weighted by molar-refractivity contribution is 9.10. The van der Waals surface area contributed by atoms with E-state index < -0.39 is 0 Å². The average molecular weight is 368 g/mol. The number of benzene rings is 1. The topological polar surface area (TPSA) is 24.9 Å². The number of rotatable bonds is 5. The molecule has 1 atom stereocenters. The van der Waals surface area contributed by atoms with Crippen LogP contribution in [0.1, 0.15) is 37.9 Å². The second-order valence-corrected chi connectivity index (χ2v) is 6.91. The molecule has 2 nitrogen and oxygen atoms in total. The van der Waals surface area contributed by atoms with Crippen LogP contribution < -0.4 is 5.32 Å². The lowest BCUT2D eigenvalue weighted by Crippen LogP contribution is -2.07. The summed E-state index contributed by atoms with van der Waals surface area (Å²) in [6.45, 7) is 6.62. The van der Waals surface area contributed by atoms with Gasteiger partial charge in [0.15, 0.2) is 0 Å². The van der Waals surface area contributed by atoms with Gasteiger partial charge in [-0.15, -0.1) is 0 Å². The number of hydrogen-bond acceptors (Lipinski definition) is 2. The standard InChI is InChI=1S/C17H20BrClN2/c1-11(2)8-13-4-6-14(7-5-13)12(3)21-15-9-16(18)17(19)20-10-15/h4-7,9-12,21H,8H2,1-3H3. The molecule has 0 spiro atoms. The Morgan fingerprint density at radius 1 is 1.19 bits per heavy atom. The molecule has 0 radical (unpaired) electrons. The molecule has 0 aliphatic rings. The van der Waals surface area contributed by atoms with Gasteiger partial charge < -0.3 is 5.32 Å². The van der Waals surface area contributed by atoms with Crippen molar-refractivity contribution in [2.75, 3.05) is 5.32 Å². The molecule has 0 amide bonds. The summed E-state index contributed by atoms with van der Waals surface area (Å²) >= 11 is 9.30. The molecule has 0 bridgehead atoms. The van der Waals surface area contributed by atoms with Crippen LogP contribution >= 0.6 is 27.5 Å². The summed E-state index contributed by atoms with van der Waals surface area (Å²) in [6.07, 6.45) is 2.87. The number of aromatic nitrogens is 1. The molecule has 112 valence electrons. The van der Waals surface area contributed by atoms with E-state index >= 15 is 0 Å². The molecule has 21 heavy (non-hydrogen) atoms. The third-order valence-corrected chi connectivity index (χ3v) is 4.44. The highest BCUT2D eigenvalue weighted by atomic mass is 79.9. The van der Waals surface area contributed by atoms with Crippen molar-refractivity contribution in [3.05, 3.63) is 57.3 Å². The molecule has 1 unspecified atom stereocenters. The van der Waals surface area contributed by atoms with Gasteiger partial charge in [0.25, 0.3) is 0 Å². The predicted octanol–water partition coefficient (Wildman–Crippen LogP) is 5.87. The fraction of sp³-hybridized carbons (Fsp3) is 0.353. The molecule has 0 aliphatic heterocycles. The Bertz CT molecular complexity index is 596. The lowest BCUT2D eigenvalue weighted by Gasteiger charge is -2.16. The molecular weight excluding hydrogens is 348 g/mol. The number of nitrogens with zero attached hydrogens (tertiary/aromatic N) is 1. The summed E-state index contributed by atoms with van der Waals surface area (Å²) in [4.78, 5) is 4.13. The Morgan fingerprint density at radius 3 is 2.43 bits per heavy atom. The molecule has 0 fully saturated rings. The number of pyridine rings is 1. The lowest BCUT2D eigenvalue weighted by atomic mass is 10.00. The molecule has 2 aromatic rings. The van der Waals surface area contributed by atoms with Crippen LogP contribution in [-0.2, 0) is 6.42 Å². The molecular formula is C17H20BrClN2. The quantitative estimate of drug-likeness (QED) is 0.668. The molecule has 0 saturated heterocycles. The summed E-state index contributed by atoms with van der Waals surface area (Å²) in [5, 5.41) is 3.91. The third kappa shape index (κ3) is 4.72. The summed E-state index contributed by atoms with van der Waals surface area (Å²) < 4.78 is 0.800. The van der Waals surface area contributed by atoms with Crippen LogP contribution in [0.3, 0.4) is 0 Å². The number of halogens is 2. The van der Waals surface area contributed by atoms with Crippen molar-refractivity contribution in [2.45, 2.75) is 33.2 Å². The van der Waals surface area contributed by atoms with E-state index in [1.165, 1.54) is 11.1 Å². The molecule has 1 aromatic carbocycles. The second kappa shape index (κ2) is 7.28. The van der Waals surface area contributed by atoms with E-state index in [1.807, 2.05) is 6.07 Å². The van der Waals surface area contributed by atoms with Gasteiger partial charge in [0.1, 0.15) is 5.15 Å². The van der Waals surface area contributed by atoms with Crippen LogP contribution in [-0.4, -0.2) is 4.98 Å². The summed E-state index contributed by atoms with van der Waals surface area (Å²) in [5.41, 5.74) is 3.59. The summed E-state index contributed by atoms with van der Waals surface area (Å²) in [7, 11) is 0. The van der Waals surface area contributed by atoms with Crippen LogP contribution in [0.25, 0.3) is 0 Å². The van der Waals surface area contributed by atoms with E-state index in [9.17, 15) is 0 Å². The Labute approximate surface area is 140 Å². The Kier molecular flexibility index (Phi) is 5.65. The third-order valence-electron chi connectivity index (χ3n) is 3.30. The SMILES string of the molecule is CC(C)Cc1ccc(C(C)Nc2cnc(Cl)c(Br)c2)cc1. The van der Waals surface area contributed by atoms with E-state index in [-0.39, 0.29) is 6.04 Å². The minimum Gasteiger partial charge on any atom is -0.377 e. The van der Waals surface area contributed by atoms with Gasteiger partial charge in [0, 0.05) is 6.04 Å². The Hall–Kier alpha value is -1.06. The van der Waals surface area contributed by atoms with Crippen LogP contribution in [0.15, 0.2) is 41.0 Å². The number of hydrogen-bond donors (Lipinski definition) is 1. The smallest absolute Gasteiger partial charge is 0.143 e. The maximum Gasteiger partial charge on any atom is 0.143 e. The minimum absolute atomic E-state index is 0.216. The average Bonchev–Trinajstić information content (AvgIpc) is 2.43. The lowest BCUT2D eigenvalue weighted by molar-refractivity contribution is 0.647. The second-order valence-electron chi connectivity index (χ2n) is 5.70. The van der Waals surface area contributed by atoms with Gasteiger partial charge in [-0.05, 0) is 52.4 Å². The number of anilines is 1. The van der Waals surface area contributed by atoms with Crippen molar-refractivity contribution in [3.8, 4) is 0 Å². The van der Waals surface area contributed by atoms with Gasteiger partial charge in [-0.1, -0.05) is 49.7 Å². The molecule has 0 aliphatic carbocycles. The summed E-state index contributed by atoms with van der Waals surface area (Å²) in [5.74, 6) is 0.684. The van der Waals surface area contributed by atoms with Crippen LogP contribution in [0.5, 0.6) is 0 Å². The minimum atomic E-state index is 0.216. The van der Waals surface area contributed by atoms with Crippen LogP contribution in [0.4, 0.5) is 5.69 Å². The molecule has 2 rings (SSSR count). The first-order chi connectivity index (χ1) is 9.95. The first-order valence-corrected chi connectivity index (χ1v) is 8.29. The maximum absolute atomic E-state index is 5.91. The Balaban J connectivity index is 2.05. The first-order valence-electron chi connectivity index (χ1n) is 7.12. The largest absolute Gasteiger partial charge is 0.377 e.